The molecule has 1 aromatic rings. The molecular weight excluding hydrogens is 156 g/mol. The normalized spacial score (nSPS) is 9.83. The summed E-state index contributed by atoms with van der Waals surface area (Å²) in [6.45, 7) is 3.59. The average molecular weight is 166 g/mol. The van der Waals surface area contributed by atoms with Gasteiger partial charge in [-0.15, -0.1) is 0 Å². The Labute approximate surface area is 70.0 Å². The summed E-state index contributed by atoms with van der Waals surface area (Å²) in [5, 5.41) is 8.64. The van der Waals surface area contributed by atoms with Gasteiger partial charge in [0.2, 0.25) is 0 Å². The lowest BCUT2D eigenvalue weighted by Crippen LogP contribution is -2.07. The van der Waals surface area contributed by atoms with Crippen molar-refractivity contribution in [1.29, 1.82) is 0 Å². The zero-order valence-electron chi connectivity index (χ0n) is 6.96. The number of hydrogen-bond donors (Lipinski definition) is 2. The Hall–Kier alpha value is -1.58. The van der Waals surface area contributed by atoms with Crippen LogP contribution in [0.2, 0.25) is 0 Å². The van der Waals surface area contributed by atoms with Gasteiger partial charge in [0, 0.05) is 5.69 Å². The maximum atomic E-state index is 10.5. The predicted molar refractivity (Wildman–Crippen MR) is 45.1 cm³/mol. The van der Waals surface area contributed by atoms with Gasteiger partial charge in [-0.3, -0.25) is 0 Å². The number of aromatic nitrogens is 1. The fourth-order valence-corrected chi connectivity index (χ4v) is 0.898. The number of carbonyl (C=O) groups is 1. The molecule has 0 aliphatic heterocycles. The van der Waals surface area contributed by atoms with Gasteiger partial charge in [0.25, 0.3) is 0 Å². The first-order chi connectivity index (χ1) is 5.52. The monoisotopic (exact) mass is 166 g/mol. The molecule has 0 unspecified atom stereocenters. The van der Waals surface area contributed by atoms with Crippen LogP contribution in [0, 0.1) is 13.8 Å². The summed E-state index contributed by atoms with van der Waals surface area (Å²) in [5.74, 6) is -1.09. The summed E-state index contributed by atoms with van der Waals surface area (Å²) >= 11 is 0. The number of carboxylic acids is 1. The maximum absolute atomic E-state index is 10.5. The van der Waals surface area contributed by atoms with Crippen molar-refractivity contribution >= 4 is 11.7 Å². The van der Waals surface area contributed by atoms with Crippen molar-refractivity contribution in [2.24, 2.45) is 0 Å². The second-order valence-electron chi connectivity index (χ2n) is 2.63. The number of aromatic carboxylic acids is 1. The number of nitrogens with two attached hydrogens (primary N) is 1. The number of rotatable bonds is 1. The minimum absolute atomic E-state index is 0.0712. The van der Waals surface area contributed by atoms with E-state index >= 15 is 0 Å². The summed E-state index contributed by atoms with van der Waals surface area (Å²) in [6.07, 6.45) is 0. The largest absolute Gasteiger partial charge is 0.476 e. The summed E-state index contributed by atoms with van der Waals surface area (Å²) in [7, 11) is 0. The Morgan fingerprint density at radius 3 is 2.67 bits per heavy atom. The molecule has 3 N–H and O–H groups in total. The number of hydrogen-bond acceptors (Lipinski definition) is 3. The van der Waals surface area contributed by atoms with Gasteiger partial charge in [0.1, 0.15) is 0 Å². The zero-order valence-corrected chi connectivity index (χ0v) is 6.96. The van der Waals surface area contributed by atoms with Gasteiger partial charge in [-0.25, -0.2) is 9.78 Å². The number of nitrogen functional groups attached to an aromatic ring is 1. The van der Waals surface area contributed by atoms with Gasteiger partial charge < -0.3 is 10.8 Å². The van der Waals surface area contributed by atoms with Gasteiger partial charge in [-0.2, -0.15) is 0 Å². The van der Waals surface area contributed by atoms with E-state index in [1.807, 2.05) is 6.92 Å². The predicted octanol–water partition coefficient (Wildman–Crippen LogP) is 0.979. The Morgan fingerprint density at radius 1 is 1.58 bits per heavy atom. The van der Waals surface area contributed by atoms with Crippen LogP contribution in [0.4, 0.5) is 5.69 Å². The van der Waals surface area contributed by atoms with Crippen LogP contribution in [-0.4, -0.2) is 16.1 Å². The molecular formula is C8H10N2O2. The number of aryl methyl sites for hydroxylation is 2. The third kappa shape index (κ3) is 1.37. The first kappa shape index (κ1) is 8.52. The molecule has 0 aromatic carbocycles. The molecule has 4 nitrogen and oxygen atoms in total. The van der Waals surface area contributed by atoms with E-state index in [2.05, 4.69) is 4.98 Å². The highest BCUT2D eigenvalue weighted by Gasteiger charge is 2.10. The van der Waals surface area contributed by atoms with Gasteiger partial charge in [-0.05, 0) is 25.5 Å². The van der Waals surface area contributed by atoms with E-state index in [-0.39, 0.29) is 11.4 Å². The molecule has 12 heavy (non-hydrogen) atoms. The molecule has 0 spiro atoms. The molecule has 0 aliphatic carbocycles. The Kier molecular flexibility index (Phi) is 1.99. The number of carboxylic acid groups (broad SMARTS) is 1. The van der Waals surface area contributed by atoms with Gasteiger partial charge in [0.05, 0.1) is 5.69 Å². The second kappa shape index (κ2) is 2.81. The lowest BCUT2D eigenvalue weighted by Gasteiger charge is -2.03. The van der Waals surface area contributed by atoms with Crippen LogP contribution in [0.15, 0.2) is 6.07 Å². The summed E-state index contributed by atoms with van der Waals surface area (Å²) < 4.78 is 0. The molecule has 0 radical (unpaired) electrons. The van der Waals surface area contributed by atoms with E-state index in [0.29, 0.717) is 5.69 Å². The topological polar surface area (TPSA) is 76.2 Å². The van der Waals surface area contributed by atoms with Crippen molar-refractivity contribution in [1.82, 2.24) is 4.98 Å². The fraction of sp³-hybridized carbons (Fsp3) is 0.250. The molecule has 1 heterocycles. The smallest absolute Gasteiger partial charge is 0.356 e. The van der Waals surface area contributed by atoms with Crippen LogP contribution in [0.3, 0.4) is 0 Å². The van der Waals surface area contributed by atoms with Crippen molar-refractivity contribution in [2.45, 2.75) is 13.8 Å². The van der Waals surface area contributed by atoms with Crippen LogP contribution in [0.5, 0.6) is 0 Å². The highest BCUT2D eigenvalue weighted by atomic mass is 16.4. The molecule has 0 aliphatic rings. The van der Waals surface area contributed by atoms with Crippen molar-refractivity contribution in [3.05, 3.63) is 23.0 Å². The SMILES string of the molecule is Cc1cc(N)c(C(=O)O)nc1C. The molecule has 0 bridgehead atoms. The van der Waals surface area contributed by atoms with Gasteiger partial charge in [-0.1, -0.05) is 0 Å². The van der Waals surface area contributed by atoms with Gasteiger partial charge in [0.15, 0.2) is 5.69 Å². The van der Waals surface area contributed by atoms with Crippen LogP contribution in [-0.2, 0) is 0 Å². The number of pyridine rings is 1. The van der Waals surface area contributed by atoms with Crippen molar-refractivity contribution in [2.75, 3.05) is 5.73 Å². The van der Waals surface area contributed by atoms with E-state index in [9.17, 15) is 4.79 Å². The van der Waals surface area contributed by atoms with E-state index in [4.69, 9.17) is 10.8 Å². The Morgan fingerprint density at radius 2 is 2.17 bits per heavy atom. The molecule has 0 saturated heterocycles. The minimum Gasteiger partial charge on any atom is -0.476 e. The van der Waals surface area contributed by atoms with E-state index in [1.54, 1.807) is 13.0 Å². The third-order valence-corrected chi connectivity index (χ3v) is 1.70. The van der Waals surface area contributed by atoms with Crippen molar-refractivity contribution in [3.8, 4) is 0 Å². The van der Waals surface area contributed by atoms with Crippen molar-refractivity contribution in [3.63, 3.8) is 0 Å². The molecule has 1 rings (SSSR count). The van der Waals surface area contributed by atoms with E-state index < -0.39 is 5.97 Å². The molecule has 0 atom stereocenters. The lowest BCUT2D eigenvalue weighted by molar-refractivity contribution is 0.0691. The number of nitrogens with zero attached hydrogens (tertiary/aromatic N) is 1. The summed E-state index contributed by atoms with van der Waals surface area (Å²) in [4.78, 5) is 14.4. The van der Waals surface area contributed by atoms with Gasteiger partial charge >= 0.3 is 5.97 Å². The highest BCUT2D eigenvalue weighted by molar-refractivity contribution is 5.91. The van der Waals surface area contributed by atoms with Crippen LogP contribution < -0.4 is 5.73 Å². The molecule has 0 amide bonds. The first-order valence-corrected chi connectivity index (χ1v) is 3.49. The van der Waals surface area contributed by atoms with Crippen LogP contribution in [0.1, 0.15) is 21.7 Å². The Balaban J connectivity index is 3.33. The second-order valence-corrected chi connectivity index (χ2v) is 2.63. The maximum Gasteiger partial charge on any atom is 0.356 e. The highest BCUT2D eigenvalue weighted by Crippen LogP contribution is 2.13. The molecule has 64 valence electrons. The molecule has 1 aromatic heterocycles. The number of anilines is 1. The first-order valence-electron chi connectivity index (χ1n) is 3.49. The summed E-state index contributed by atoms with van der Waals surface area (Å²) in [6, 6.07) is 1.62. The molecule has 0 fully saturated rings. The van der Waals surface area contributed by atoms with E-state index in [1.165, 1.54) is 0 Å². The standard InChI is InChI=1S/C8H10N2O2/c1-4-3-6(9)7(8(11)12)10-5(4)2/h3H,9H2,1-2H3,(H,11,12). The van der Waals surface area contributed by atoms with Crippen LogP contribution in [0.25, 0.3) is 0 Å². The minimum atomic E-state index is -1.09. The third-order valence-electron chi connectivity index (χ3n) is 1.70. The molecule has 4 heteroatoms. The Bertz CT molecular complexity index is 334. The average Bonchev–Trinajstić information content (AvgIpc) is 1.96. The van der Waals surface area contributed by atoms with Crippen molar-refractivity contribution < 1.29 is 9.90 Å². The van der Waals surface area contributed by atoms with E-state index in [0.717, 1.165) is 5.56 Å². The summed E-state index contributed by atoms with van der Waals surface area (Å²) in [5.41, 5.74) is 7.19. The quantitative estimate of drug-likeness (QED) is 0.652. The molecule has 0 saturated carbocycles. The van der Waals surface area contributed by atoms with Crippen LogP contribution >= 0.6 is 0 Å². The fourth-order valence-electron chi connectivity index (χ4n) is 0.898. The lowest BCUT2D eigenvalue weighted by atomic mass is 10.2. The zero-order chi connectivity index (χ0) is 9.30.